The van der Waals surface area contributed by atoms with Crippen molar-refractivity contribution in [2.75, 3.05) is 11.9 Å². The number of carbonyl (C=O) groups is 2. The third-order valence-electron chi connectivity index (χ3n) is 5.94. The van der Waals surface area contributed by atoms with Crippen LogP contribution < -0.4 is 10.6 Å². The minimum Gasteiger partial charge on any atom is -0.347 e. The van der Waals surface area contributed by atoms with Gasteiger partial charge in [0.2, 0.25) is 9.84 Å². The monoisotopic (exact) mass is 568 g/mol. The normalized spacial score (nSPS) is 12.8. The lowest BCUT2D eigenvalue weighted by atomic mass is 10.1. The van der Waals surface area contributed by atoms with Gasteiger partial charge in [-0.25, -0.2) is 13.4 Å². The van der Waals surface area contributed by atoms with Gasteiger partial charge in [0.05, 0.1) is 27.6 Å². The minimum atomic E-state index is -3.95. The summed E-state index contributed by atoms with van der Waals surface area (Å²) in [5.74, 6) is 4.99. The molecule has 2 heterocycles. The molecular formula is C28H20N6O4S2. The van der Waals surface area contributed by atoms with Crippen molar-refractivity contribution in [1.29, 1.82) is 0 Å². The van der Waals surface area contributed by atoms with Crippen LogP contribution in [-0.4, -0.2) is 31.8 Å². The van der Waals surface area contributed by atoms with Crippen molar-refractivity contribution in [3.63, 3.8) is 0 Å². The standard InChI is InChI=1S/C28H20N6O4S2/c29-34-32-14-4-3-5-18-8-10-19(11-9-18)28-31-17-21(39-28)16-30-26(35)20-12-13-25-23(15-20)33-27(36)22-6-1-2-7-24(22)40(25,37)38/h1-2,6-13,15,17H,4,14,16H2,(H,30,35)(H,33,36). The molecule has 4 aromatic rings. The zero-order valence-corrected chi connectivity index (χ0v) is 22.4. The van der Waals surface area contributed by atoms with E-state index in [2.05, 4.69) is 37.5 Å². The lowest BCUT2D eigenvalue weighted by Crippen LogP contribution is -2.22. The predicted octanol–water partition coefficient (Wildman–Crippen LogP) is 5.19. The summed E-state index contributed by atoms with van der Waals surface area (Å²) in [6, 6.07) is 17.7. The van der Waals surface area contributed by atoms with Crippen molar-refractivity contribution in [2.24, 2.45) is 5.11 Å². The van der Waals surface area contributed by atoms with Crippen LogP contribution in [0, 0.1) is 11.8 Å². The van der Waals surface area contributed by atoms with Gasteiger partial charge in [0.15, 0.2) is 0 Å². The fourth-order valence-electron chi connectivity index (χ4n) is 4.00. The van der Waals surface area contributed by atoms with Gasteiger partial charge in [0.1, 0.15) is 5.01 Å². The third kappa shape index (κ3) is 5.57. The fourth-order valence-corrected chi connectivity index (χ4v) is 6.45. The molecule has 1 aliphatic rings. The molecule has 0 aliphatic carbocycles. The van der Waals surface area contributed by atoms with Crippen molar-refractivity contribution < 1.29 is 18.0 Å². The van der Waals surface area contributed by atoms with Crippen LogP contribution in [0.3, 0.4) is 0 Å². The van der Waals surface area contributed by atoms with Gasteiger partial charge in [0, 0.05) is 45.6 Å². The van der Waals surface area contributed by atoms with E-state index < -0.39 is 21.7 Å². The SMILES string of the molecule is [N-]=[N+]=NCCC#Cc1ccc(-c2ncc(CNC(=O)c3ccc4c(c3)NC(=O)c3ccccc3S4(=O)=O)s2)cc1. The van der Waals surface area contributed by atoms with E-state index >= 15 is 0 Å². The number of azide groups is 1. The van der Waals surface area contributed by atoms with Gasteiger partial charge in [-0.15, -0.1) is 11.3 Å². The Kier molecular flexibility index (Phi) is 7.61. The van der Waals surface area contributed by atoms with Gasteiger partial charge in [-0.1, -0.05) is 41.2 Å². The average molecular weight is 569 g/mol. The zero-order valence-electron chi connectivity index (χ0n) is 20.8. The number of nitrogens with zero attached hydrogens (tertiary/aromatic N) is 4. The highest BCUT2D eigenvalue weighted by molar-refractivity contribution is 7.91. The molecule has 1 aliphatic heterocycles. The van der Waals surface area contributed by atoms with Crippen molar-refractivity contribution in [2.45, 2.75) is 22.8 Å². The molecule has 0 saturated carbocycles. The summed E-state index contributed by atoms with van der Waals surface area (Å²) in [5.41, 5.74) is 10.3. The molecule has 0 spiro atoms. The van der Waals surface area contributed by atoms with E-state index in [9.17, 15) is 18.0 Å². The molecule has 0 radical (unpaired) electrons. The van der Waals surface area contributed by atoms with Gasteiger partial charge in [-0.3, -0.25) is 9.59 Å². The van der Waals surface area contributed by atoms with Crippen LogP contribution in [0.25, 0.3) is 21.0 Å². The summed E-state index contributed by atoms with van der Waals surface area (Å²) in [6.07, 6.45) is 2.17. The second-order valence-corrected chi connectivity index (χ2v) is 11.6. The number of nitrogens with one attached hydrogen (secondary N) is 2. The molecule has 40 heavy (non-hydrogen) atoms. The first-order chi connectivity index (χ1) is 19.4. The van der Waals surface area contributed by atoms with Crippen molar-refractivity contribution in [3.8, 4) is 22.4 Å². The number of carbonyl (C=O) groups excluding carboxylic acids is 2. The van der Waals surface area contributed by atoms with Crippen molar-refractivity contribution >= 4 is 38.7 Å². The fraction of sp³-hybridized carbons (Fsp3) is 0.107. The van der Waals surface area contributed by atoms with E-state index in [1.165, 1.54) is 41.7 Å². The summed E-state index contributed by atoms with van der Waals surface area (Å²) in [4.78, 5) is 33.4. The van der Waals surface area contributed by atoms with Crippen LogP contribution in [-0.2, 0) is 16.4 Å². The Labute approximate surface area is 233 Å². The Morgan fingerprint density at radius 2 is 1.90 bits per heavy atom. The van der Waals surface area contributed by atoms with Crippen LogP contribution in [0.2, 0.25) is 0 Å². The van der Waals surface area contributed by atoms with Gasteiger partial charge in [-0.05, 0) is 48.0 Å². The molecule has 0 atom stereocenters. The van der Waals surface area contributed by atoms with Gasteiger partial charge in [-0.2, -0.15) is 0 Å². The first kappa shape index (κ1) is 26.6. The highest BCUT2D eigenvalue weighted by Gasteiger charge is 2.31. The topological polar surface area (TPSA) is 154 Å². The molecular weight excluding hydrogens is 548 g/mol. The Hall–Kier alpha value is -4.95. The smallest absolute Gasteiger partial charge is 0.257 e. The van der Waals surface area contributed by atoms with E-state index in [-0.39, 0.29) is 33.2 Å². The van der Waals surface area contributed by atoms with E-state index in [0.29, 0.717) is 13.0 Å². The quantitative estimate of drug-likeness (QED) is 0.108. The lowest BCUT2D eigenvalue weighted by molar-refractivity contribution is 0.0949. The van der Waals surface area contributed by atoms with E-state index in [4.69, 9.17) is 5.53 Å². The minimum absolute atomic E-state index is 0.0514. The van der Waals surface area contributed by atoms with Crippen molar-refractivity contribution in [3.05, 3.63) is 105 Å². The molecule has 3 aromatic carbocycles. The van der Waals surface area contributed by atoms with Gasteiger partial charge < -0.3 is 10.6 Å². The number of fused-ring (bicyclic) bond motifs is 2. The summed E-state index contributed by atoms with van der Waals surface area (Å²) in [7, 11) is -3.95. The average Bonchev–Trinajstić information content (AvgIpc) is 3.42. The molecule has 0 fully saturated rings. The van der Waals surface area contributed by atoms with Gasteiger partial charge in [0.25, 0.3) is 11.8 Å². The maximum Gasteiger partial charge on any atom is 0.257 e. The number of sulfone groups is 1. The number of rotatable bonds is 6. The number of hydrogen-bond donors (Lipinski definition) is 2. The van der Waals surface area contributed by atoms with Crippen molar-refractivity contribution in [1.82, 2.24) is 10.3 Å². The second-order valence-electron chi connectivity index (χ2n) is 8.56. The molecule has 0 unspecified atom stereocenters. The van der Waals surface area contributed by atoms with Crippen LogP contribution in [0.4, 0.5) is 5.69 Å². The highest BCUT2D eigenvalue weighted by atomic mass is 32.2. The Morgan fingerprint density at radius 3 is 2.70 bits per heavy atom. The lowest BCUT2D eigenvalue weighted by Gasteiger charge is -2.10. The van der Waals surface area contributed by atoms with E-state index in [1.807, 2.05) is 24.3 Å². The Balaban J connectivity index is 1.25. The van der Waals surface area contributed by atoms with Crippen LogP contribution in [0.5, 0.6) is 0 Å². The Bertz CT molecular complexity index is 1850. The Morgan fingerprint density at radius 1 is 1.10 bits per heavy atom. The molecule has 0 saturated heterocycles. The molecule has 2 N–H and O–H groups in total. The summed E-state index contributed by atoms with van der Waals surface area (Å²) in [5, 5.41) is 9.66. The molecule has 1 aromatic heterocycles. The number of aromatic nitrogens is 1. The third-order valence-corrected chi connectivity index (χ3v) is 8.86. The first-order valence-electron chi connectivity index (χ1n) is 12.0. The molecule has 2 amide bonds. The molecule has 0 bridgehead atoms. The predicted molar refractivity (Wildman–Crippen MR) is 151 cm³/mol. The maximum absolute atomic E-state index is 13.2. The molecule has 12 heteroatoms. The van der Waals surface area contributed by atoms with E-state index in [1.54, 1.807) is 18.3 Å². The number of benzene rings is 3. The second kappa shape index (κ2) is 11.4. The summed E-state index contributed by atoms with van der Waals surface area (Å²) >= 11 is 1.43. The number of hydrogen-bond acceptors (Lipinski definition) is 7. The van der Waals surface area contributed by atoms with Crippen LogP contribution >= 0.6 is 11.3 Å². The number of thiazole rings is 1. The van der Waals surface area contributed by atoms with Crippen LogP contribution in [0.15, 0.2) is 87.8 Å². The largest absolute Gasteiger partial charge is 0.347 e. The molecule has 10 nitrogen and oxygen atoms in total. The summed E-state index contributed by atoms with van der Waals surface area (Å²) in [6.45, 7) is 0.554. The summed E-state index contributed by atoms with van der Waals surface area (Å²) < 4.78 is 26.3. The van der Waals surface area contributed by atoms with Gasteiger partial charge >= 0.3 is 0 Å². The maximum atomic E-state index is 13.2. The number of anilines is 1. The highest BCUT2D eigenvalue weighted by Crippen LogP contribution is 2.34. The molecule has 5 rings (SSSR count). The zero-order chi connectivity index (χ0) is 28.1. The van der Waals surface area contributed by atoms with Crippen LogP contribution in [0.1, 0.15) is 37.6 Å². The van der Waals surface area contributed by atoms with E-state index in [0.717, 1.165) is 21.0 Å². The number of amides is 2. The molecule has 198 valence electrons. The first-order valence-corrected chi connectivity index (χ1v) is 14.3.